The molecule has 33 heavy (non-hydrogen) atoms. The van der Waals surface area contributed by atoms with Crippen molar-refractivity contribution >= 4 is 23.5 Å². The molecule has 6 nitrogen and oxygen atoms in total. The van der Waals surface area contributed by atoms with E-state index in [2.05, 4.69) is 16.6 Å². The zero-order chi connectivity index (χ0) is 24.6. The summed E-state index contributed by atoms with van der Waals surface area (Å²) in [5.74, 6) is 0.0718. The number of rotatable bonds is 24. The van der Waals surface area contributed by atoms with Crippen molar-refractivity contribution < 1.29 is 23.8 Å². The molecule has 0 rings (SSSR count). The normalized spacial score (nSPS) is 12.2. The van der Waals surface area contributed by atoms with E-state index >= 15 is 0 Å². The van der Waals surface area contributed by atoms with Crippen LogP contribution in [0.25, 0.3) is 0 Å². The van der Waals surface area contributed by atoms with Crippen molar-refractivity contribution in [2.45, 2.75) is 110 Å². The van der Waals surface area contributed by atoms with Crippen LogP contribution < -0.4 is 0 Å². The average molecular weight is 492 g/mol. The molecular weight excluding hydrogens is 442 g/mol. The molecule has 0 fully saturated rings. The van der Waals surface area contributed by atoms with Crippen molar-refractivity contribution in [1.82, 2.24) is 4.90 Å². The van der Waals surface area contributed by atoms with Crippen molar-refractivity contribution in [3.05, 3.63) is 0 Å². The van der Waals surface area contributed by atoms with Crippen LogP contribution in [0.3, 0.4) is 0 Å². The maximum Gasteiger partial charge on any atom is 0.305 e. The first-order valence-electron chi connectivity index (χ1n) is 13.1. The Kier molecular flexibility index (Phi) is 23.7. The molecule has 0 bridgehead atoms. The highest BCUT2D eigenvalue weighted by atomic mass is 35.5. The number of carbonyl (C=O) groups is 2. The fourth-order valence-electron chi connectivity index (χ4n) is 3.85. The number of carbonyl (C=O) groups excluding carboxylic acids is 2. The monoisotopic (exact) mass is 491 g/mol. The van der Waals surface area contributed by atoms with Crippen LogP contribution >= 0.6 is 11.6 Å². The molecule has 7 heteroatoms. The van der Waals surface area contributed by atoms with E-state index in [1.54, 1.807) is 0 Å². The van der Waals surface area contributed by atoms with E-state index < -0.39 is 0 Å². The highest BCUT2D eigenvalue weighted by molar-refractivity contribution is 6.18. The van der Waals surface area contributed by atoms with Crippen LogP contribution in [0, 0.1) is 0 Å². The van der Waals surface area contributed by atoms with Gasteiger partial charge in [0.2, 0.25) is 0 Å². The summed E-state index contributed by atoms with van der Waals surface area (Å²) < 4.78 is 16.0. The molecule has 0 spiro atoms. The molecule has 0 aromatic heterocycles. The third-order valence-electron chi connectivity index (χ3n) is 5.72. The molecule has 0 saturated heterocycles. The van der Waals surface area contributed by atoms with Gasteiger partial charge < -0.3 is 14.2 Å². The van der Waals surface area contributed by atoms with Gasteiger partial charge in [-0.1, -0.05) is 71.1 Å². The minimum atomic E-state index is -0.288. The fraction of sp³-hybridized carbons (Fsp3) is 0.923. The number of hydrogen-bond acceptors (Lipinski definition) is 6. The van der Waals surface area contributed by atoms with Gasteiger partial charge in [0, 0.05) is 38.9 Å². The third-order valence-corrected chi connectivity index (χ3v) is 5.89. The predicted octanol–water partition coefficient (Wildman–Crippen LogP) is 6.13. The van der Waals surface area contributed by atoms with E-state index in [0.29, 0.717) is 32.1 Å². The standard InChI is InChI=1S/C26H50ClNO5/c1-4-5-6-7-8-9-10-11-12-16-21-32-23-25(33-24(2)29)22-28(20-18-27)19-15-13-14-17-26(30)31-3/h25H,4-23H2,1-3H3. The molecule has 0 aliphatic rings. The lowest BCUT2D eigenvalue weighted by Gasteiger charge is -2.26. The molecule has 0 aromatic carbocycles. The Morgan fingerprint density at radius 3 is 2.03 bits per heavy atom. The Hall–Kier alpha value is -0.850. The van der Waals surface area contributed by atoms with Crippen LogP contribution in [0.1, 0.15) is 104 Å². The molecule has 196 valence electrons. The number of alkyl halides is 1. The summed E-state index contributed by atoms with van der Waals surface area (Å²) in [6.45, 7) is 7.01. The zero-order valence-corrected chi connectivity index (χ0v) is 22.3. The second-order valence-corrected chi connectivity index (χ2v) is 9.24. The third kappa shape index (κ3) is 22.7. The highest BCUT2D eigenvalue weighted by Crippen LogP contribution is 2.11. The van der Waals surface area contributed by atoms with Gasteiger partial charge in [-0.05, 0) is 25.8 Å². The summed E-state index contributed by atoms with van der Waals surface area (Å²) in [6.07, 6.45) is 15.9. The number of unbranched alkanes of at least 4 members (excludes halogenated alkanes) is 11. The Balaban J connectivity index is 4.02. The largest absolute Gasteiger partial charge is 0.469 e. The minimum absolute atomic E-state index is 0.165. The minimum Gasteiger partial charge on any atom is -0.469 e. The van der Waals surface area contributed by atoms with Crippen LogP contribution in [-0.4, -0.2) is 68.8 Å². The van der Waals surface area contributed by atoms with Gasteiger partial charge in [-0.25, -0.2) is 0 Å². The predicted molar refractivity (Wildman–Crippen MR) is 136 cm³/mol. The van der Waals surface area contributed by atoms with Gasteiger partial charge in [-0.15, -0.1) is 11.6 Å². The van der Waals surface area contributed by atoms with Crippen molar-refractivity contribution in [2.24, 2.45) is 0 Å². The maximum atomic E-state index is 11.5. The quantitative estimate of drug-likeness (QED) is 0.0918. The van der Waals surface area contributed by atoms with E-state index in [9.17, 15) is 9.59 Å². The van der Waals surface area contributed by atoms with Crippen molar-refractivity contribution in [3.8, 4) is 0 Å². The number of nitrogens with zero attached hydrogens (tertiary/aromatic N) is 1. The van der Waals surface area contributed by atoms with Crippen LogP contribution in [0.15, 0.2) is 0 Å². The summed E-state index contributed by atoms with van der Waals surface area (Å²) in [6, 6.07) is 0. The molecule has 0 radical (unpaired) electrons. The first kappa shape index (κ1) is 32.1. The first-order chi connectivity index (χ1) is 16.0. The van der Waals surface area contributed by atoms with Gasteiger partial charge in [-0.2, -0.15) is 0 Å². The Bertz CT molecular complexity index is 464. The van der Waals surface area contributed by atoms with Crippen molar-refractivity contribution in [1.29, 1.82) is 0 Å². The van der Waals surface area contributed by atoms with Gasteiger partial charge in [0.15, 0.2) is 0 Å². The fourth-order valence-corrected chi connectivity index (χ4v) is 4.09. The molecular formula is C26H50ClNO5. The molecule has 0 aromatic rings. The maximum absolute atomic E-state index is 11.5. The van der Waals surface area contributed by atoms with Gasteiger partial charge in [-0.3, -0.25) is 14.5 Å². The number of halogens is 1. The molecule has 0 saturated carbocycles. The van der Waals surface area contributed by atoms with E-state index in [0.717, 1.165) is 38.8 Å². The lowest BCUT2D eigenvalue weighted by atomic mass is 10.1. The lowest BCUT2D eigenvalue weighted by molar-refractivity contribution is -0.150. The number of hydrogen-bond donors (Lipinski definition) is 0. The second-order valence-electron chi connectivity index (χ2n) is 8.86. The average Bonchev–Trinajstić information content (AvgIpc) is 2.78. The second kappa shape index (κ2) is 24.3. The summed E-state index contributed by atoms with van der Waals surface area (Å²) in [5.41, 5.74) is 0. The van der Waals surface area contributed by atoms with E-state index in [-0.39, 0.29) is 18.0 Å². The SMILES string of the molecule is CCCCCCCCCCCCOCC(CN(CCCl)CCCCCC(=O)OC)OC(C)=O. The molecule has 0 amide bonds. The Labute approximate surface area is 208 Å². The molecule has 1 atom stereocenters. The number of methoxy groups -OCH3 is 1. The van der Waals surface area contributed by atoms with Gasteiger partial charge in [0.1, 0.15) is 6.10 Å². The summed E-state index contributed by atoms with van der Waals surface area (Å²) in [5, 5.41) is 0. The van der Waals surface area contributed by atoms with Crippen LogP contribution in [0.2, 0.25) is 0 Å². The number of esters is 2. The van der Waals surface area contributed by atoms with Gasteiger partial charge in [0.25, 0.3) is 0 Å². The Morgan fingerprint density at radius 2 is 1.45 bits per heavy atom. The molecule has 0 N–H and O–H groups in total. The zero-order valence-electron chi connectivity index (χ0n) is 21.6. The van der Waals surface area contributed by atoms with Gasteiger partial charge >= 0.3 is 11.9 Å². The molecule has 0 aliphatic carbocycles. The summed E-state index contributed by atoms with van der Waals surface area (Å²) >= 11 is 5.97. The summed E-state index contributed by atoms with van der Waals surface area (Å²) in [7, 11) is 1.41. The molecule has 0 aliphatic heterocycles. The topological polar surface area (TPSA) is 65.1 Å². The van der Waals surface area contributed by atoms with E-state index in [1.165, 1.54) is 71.8 Å². The van der Waals surface area contributed by atoms with Crippen LogP contribution in [-0.2, 0) is 23.8 Å². The Morgan fingerprint density at radius 1 is 0.848 bits per heavy atom. The molecule has 1 unspecified atom stereocenters. The molecule has 0 heterocycles. The number of ether oxygens (including phenoxy) is 3. The van der Waals surface area contributed by atoms with Crippen LogP contribution in [0.5, 0.6) is 0 Å². The van der Waals surface area contributed by atoms with Crippen molar-refractivity contribution in [3.63, 3.8) is 0 Å². The first-order valence-corrected chi connectivity index (χ1v) is 13.7. The van der Waals surface area contributed by atoms with Gasteiger partial charge in [0.05, 0.1) is 13.7 Å². The lowest BCUT2D eigenvalue weighted by Crippen LogP contribution is -2.39. The van der Waals surface area contributed by atoms with Crippen molar-refractivity contribution in [2.75, 3.05) is 45.8 Å². The highest BCUT2D eigenvalue weighted by Gasteiger charge is 2.17. The smallest absolute Gasteiger partial charge is 0.305 e. The summed E-state index contributed by atoms with van der Waals surface area (Å²) in [4.78, 5) is 25.0. The van der Waals surface area contributed by atoms with Crippen LogP contribution in [0.4, 0.5) is 0 Å². The van der Waals surface area contributed by atoms with E-state index in [4.69, 9.17) is 21.1 Å². The van der Waals surface area contributed by atoms with E-state index in [1.807, 2.05) is 0 Å².